The monoisotopic (exact) mass is 360 g/mol. The fourth-order valence-electron chi connectivity index (χ4n) is 2.42. The molecule has 0 bridgehead atoms. The van der Waals surface area contributed by atoms with Gasteiger partial charge in [0.25, 0.3) is 0 Å². The molecule has 0 N–H and O–H groups in total. The summed E-state index contributed by atoms with van der Waals surface area (Å²) < 4.78 is 20.4. The fraction of sp³-hybridized carbons (Fsp3) is 0.0588. The Balaban J connectivity index is 1.71. The molecule has 0 saturated carbocycles. The standard InChI is InChI=1S/C17H10ClFN2O2S/c18-15-12-3-1-2-4-13(12)24-14(15)9-21-17(22)23-16(20-21)10-5-7-11(19)8-6-10/h1-8H,9H2. The van der Waals surface area contributed by atoms with E-state index in [1.54, 1.807) is 0 Å². The summed E-state index contributed by atoms with van der Waals surface area (Å²) in [5.41, 5.74) is 0.537. The highest BCUT2D eigenvalue weighted by Crippen LogP contribution is 2.35. The molecule has 0 aliphatic rings. The van der Waals surface area contributed by atoms with Crippen LogP contribution in [0.1, 0.15) is 4.88 Å². The van der Waals surface area contributed by atoms with Crippen LogP contribution in [0.3, 0.4) is 0 Å². The molecule has 120 valence electrons. The summed E-state index contributed by atoms with van der Waals surface area (Å²) in [7, 11) is 0. The predicted octanol–water partition coefficient (Wildman–Crippen LogP) is 4.56. The van der Waals surface area contributed by atoms with E-state index in [1.807, 2.05) is 24.3 Å². The van der Waals surface area contributed by atoms with Crippen LogP contribution in [0.25, 0.3) is 21.5 Å². The zero-order valence-electron chi connectivity index (χ0n) is 12.2. The molecule has 2 aromatic carbocycles. The van der Waals surface area contributed by atoms with Crippen molar-refractivity contribution < 1.29 is 8.81 Å². The van der Waals surface area contributed by atoms with Crippen LogP contribution < -0.4 is 5.76 Å². The van der Waals surface area contributed by atoms with Crippen LogP contribution in [-0.2, 0) is 6.54 Å². The van der Waals surface area contributed by atoms with Gasteiger partial charge in [0, 0.05) is 20.5 Å². The Kier molecular flexibility index (Phi) is 3.70. The van der Waals surface area contributed by atoms with Crippen LogP contribution >= 0.6 is 22.9 Å². The third-order valence-corrected chi connectivity index (χ3v) is 5.29. The summed E-state index contributed by atoms with van der Waals surface area (Å²) in [6.45, 7) is 0.224. The topological polar surface area (TPSA) is 48.0 Å². The number of halogens is 2. The lowest BCUT2D eigenvalue weighted by atomic mass is 10.2. The Hall–Kier alpha value is -2.44. The average molecular weight is 361 g/mol. The first-order valence-corrected chi connectivity index (χ1v) is 8.31. The van der Waals surface area contributed by atoms with Crippen molar-refractivity contribution in [1.82, 2.24) is 9.78 Å². The van der Waals surface area contributed by atoms with Crippen LogP contribution in [0.5, 0.6) is 0 Å². The highest BCUT2D eigenvalue weighted by Gasteiger charge is 2.15. The lowest BCUT2D eigenvalue weighted by Gasteiger charge is -1.96. The number of benzene rings is 2. The van der Waals surface area contributed by atoms with E-state index in [1.165, 1.54) is 40.3 Å². The third kappa shape index (κ3) is 2.64. The Labute approximate surface area is 144 Å². The summed E-state index contributed by atoms with van der Waals surface area (Å²) >= 11 is 7.91. The summed E-state index contributed by atoms with van der Waals surface area (Å²) in [6, 6.07) is 13.4. The van der Waals surface area contributed by atoms with Crippen molar-refractivity contribution in [3.63, 3.8) is 0 Å². The molecule has 0 radical (unpaired) electrons. The van der Waals surface area contributed by atoms with E-state index < -0.39 is 5.76 Å². The fourth-order valence-corrected chi connectivity index (χ4v) is 3.89. The summed E-state index contributed by atoms with van der Waals surface area (Å²) in [4.78, 5) is 12.9. The van der Waals surface area contributed by atoms with Crippen LogP contribution in [0, 0.1) is 5.82 Å². The minimum absolute atomic E-state index is 0.150. The van der Waals surface area contributed by atoms with E-state index >= 15 is 0 Å². The van der Waals surface area contributed by atoms with Crippen LogP contribution in [-0.4, -0.2) is 9.78 Å². The van der Waals surface area contributed by atoms with Crippen LogP contribution in [0.2, 0.25) is 5.02 Å². The lowest BCUT2D eigenvalue weighted by molar-refractivity contribution is 0.496. The first-order valence-electron chi connectivity index (χ1n) is 7.11. The van der Waals surface area contributed by atoms with Gasteiger partial charge < -0.3 is 4.42 Å². The number of thiophene rings is 1. The van der Waals surface area contributed by atoms with Gasteiger partial charge in [0.05, 0.1) is 11.6 Å². The normalized spacial score (nSPS) is 11.2. The predicted molar refractivity (Wildman–Crippen MR) is 92.1 cm³/mol. The van der Waals surface area contributed by atoms with Gasteiger partial charge in [0.1, 0.15) is 5.82 Å². The molecule has 0 amide bonds. The number of aromatic nitrogens is 2. The molecule has 4 aromatic rings. The highest BCUT2D eigenvalue weighted by atomic mass is 35.5. The van der Waals surface area contributed by atoms with Gasteiger partial charge in [-0.25, -0.2) is 9.18 Å². The number of hydrogen-bond donors (Lipinski definition) is 0. The first kappa shape index (κ1) is 15.1. The molecule has 2 heterocycles. The Morgan fingerprint density at radius 2 is 1.92 bits per heavy atom. The Morgan fingerprint density at radius 3 is 2.67 bits per heavy atom. The molecule has 2 aromatic heterocycles. The highest BCUT2D eigenvalue weighted by molar-refractivity contribution is 7.19. The maximum atomic E-state index is 13.0. The van der Waals surface area contributed by atoms with Crippen molar-refractivity contribution >= 4 is 33.0 Å². The minimum atomic E-state index is -0.581. The summed E-state index contributed by atoms with van der Waals surface area (Å²) in [5, 5.41) is 5.75. The van der Waals surface area contributed by atoms with Crippen molar-refractivity contribution in [3.8, 4) is 11.5 Å². The van der Waals surface area contributed by atoms with Crippen LogP contribution in [0.4, 0.5) is 4.39 Å². The van der Waals surface area contributed by atoms with E-state index in [-0.39, 0.29) is 18.3 Å². The summed E-state index contributed by atoms with van der Waals surface area (Å²) in [5.74, 6) is -0.794. The zero-order valence-corrected chi connectivity index (χ0v) is 13.8. The van der Waals surface area contributed by atoms with Gasteiger partial charge >= 0.3 is 5.76 Å². The molecular weight excluding hydrogens is 351 g/mol. The van der Waals surface area contributed by atoms with Crippen molar-refractivity contribution in [2.24, 2.45) is 0 Å². The second kappa shape index (κ2) is 5.89. The van der Waals surface area contributed by atoms with E-state index in [0.29, 0.717) is 10.6 Å². The molecule has 0 saturated heterocycles. The Bertz CT molecular complexity index is 1080. The van der Waals surface area contributed by atoms with Crippen molar-refractivity contribution in [1.29, 1.82) is 0 Å². The average Bonchev–Trinajstić information content (AvgIpc) is 3.10. The number of rotatable bonds is 3. The molecule has 0 aliphatic carbocycles. The third-order valence-electron chi connectivity index (χ3n) is 3.59. The SMILES string of the molecule is O=c1oc(-c2ccc(F)cc2)nn1Cc1sc2ccccc2c1Cl. The van der Waals surface area contributed by atoms with E-state index in [2.05, 4.69) is 5.10 Å². The number of fused-ring (bicyclic) bond motifs is 1. The lowest BCUT2D eigenvalue weighted by Crippen LogP contribution is -2.16. The van der Waals surface area contributed by atoms with Crippen molar-refractivity contribution in [2.75, 3.05) is 0 Å². The molecule has 0 aliphatic heterocycles. The molecule has 4 nitrogen and oxygen atoms in total. The van der Waals surface area contributed by atoms with Gasteiger partial charge in [0.2, 0.25) is 5.89 Å². The molecule has 7 heteroatoms. The molecule has 0 atom stereocenters. The second-order valence-electron chi connectivity index (χ2n) is 5.17. The summed E-state index contributed by atoms with van der Waals surface area (Å²) in [6.07, 6.45) is 0. The van der Waals surface area contributed by atoms with Gasteiger partial charge in [0.15, 0.2) is 0 Å². The molecule has 0 unspecified atom stereocenters. The largest absolute Gasteiger partial charge is 0.437 e. The first-order chi connectivity index (χ1) is 11.6. The second-order valence-corrected chi connectivity index (χ2v) is 6.69. The molecule has 4 rings (SSSR count). The molecule has 24 heavy (non-hydrogen) atoms. The molecular formula is C17H10ClFN2O2S. The Morgan fingerprint density at radius 1 is 1.17 bits per heavy atom. The van der Waals surface area contributed by atoms with Crippen molar-refractivity contribution in [2.45, 2.75) is 6.54 Å². The zero-order chi connectivity index (χ0) is 16.7. The quantitative estimate of drug-likeness (QED) is 0.538. The number of nitrogens with zero attached hydrogens (tertiary/aromatic N) is 2. The van der Waals surface area contributed by atoms with E-state index in [0.717, 1.165) is 15.0 Å². The minimum Gasteiger partial charge on any atom is -0.388 e. The van der Waals surface area contributed by atoms with Gasteiger partial charge in [-0.2, -0.15) is 4.68 Å². The van der Waals surface area contributed by atoms with Gasteiger partial charge in [-0.05, 0) is 30.3 Å². The van der Waals surface area contributed by atoms with E-state index in [4.69, 9.17) is 16.0 Å². The molecule has 0 fully saturated rings. The van der Waals surface area contributed by atoms with E-state index in [9.17, 15) is 9.18 Å². The van der Waals surface area contributed by atoms with Gasteiger partial charge in [-0.1, -0.05) is 29.8 Å². The molecule has 0 spiro atoms. The van der Waals surface area contributed by atoms with Gasteiger partial charge in [-0.15, -0.1) is 16.4 Å². The number of hydrogen-bond acceptors (Lipinski definition) is 4. The maximum absolute atomic E-state index is 13.0. The van der Waals surface area contributed by atoms with Crippen molar-refractivity contribution in [3.05, 3.63) is 74.8 Å². The maximum Gasteiger partial charge on any atom is 0.437 e. The van der Waals surface area contributed by atoms with Gasteiger partial charge in [-0.3, -0.25) is 0 Å². The van der Waals surface area contributed by atoms with Crippen LogP contribution in [0.15, 0.2) is 57.7 Å². The smallest absolute Gasteiger partial charge is 0.388 e.